The Hall–Kier alpha value is -1.03. The second kappa shape index (κ2) is 7.30. The minimum atomic E-state index is 0.203. The van der Waals surface area contributed by atoms with Crippen LogP contribution in [0.25, 0.3) is 0 Å². The predicted octanol–water partition coefficient (Wildman–Crippen LogP) is 4.88. The van der Waals surface area contributed by atoms with Crippen LogP contribution in [0.5, 0.6) is 0 Å². The van der Waals surface area contributed by atoms with Crippen molar-refractivity contribution in [1.82, 2.24) is 0 Å². The quantitative estimate of drug-likeness (QED) is 0.821. The minimum absolute atomic E-state index is 0.203. The number of rotatable bonds is 6. The van der Waals surface area contributed by atoms with Gasteiger partial charge in [0.05, 0.1) is 16.8 Å². The lowest BCUT2D eigenvalue weighted by Crippen LogP contribution is -2.22. The zero-order valence-corrected chi connectivity index (χ0v) is 14.4. The maximum absolute atomic E-state index is 6.48. The highest BCUT2D eigenvalue weighted by Crippen LogP contribution is 2.33. The van der Waals surface area contributed by atoms with Crippen molar-refractivity contribution in [3.8, 4) is 0 Å². The molecule has 1 aromatic heterocycles. The summed E-state index contributed by atoms with van der Waals surface area (Å²) >= 11 is 8.25. The van der Waals surface area contributed by atoms with Gasteiger partial charge in [-0.05, 0) is 48.9 Å². The molecule has 1 aromatic carbocycles. The van der Waals surface area contributed by atoms with E-state index in [9.17, 15) is 0 Å². The first-order valence-electron chi connectivity index (χ1n) is 7.33. The average Bonchev–Trinajstić information content (AvgIpc) is 3.00. The highest BCUT2D eigenvalue weighted by molar-refractivity contribution is 7.10. The molecule has 0 bridgehead atoms. The molecule has 4 heteroatoms. The summed E-state index contributed by atoms with van der Waals surface area (Å²) in [6.45, 7) is 4.31. The van der Waals surface area contributed by atoms with E-state index in [0.717, 1.165) is 23.6 Å². The number of nitrogens with zero attached hydrogens (tertiary/aromatic N) is 1. The van der Waals surface area contributed by atoms with Gasteiger partial charge >= 0.3 is 0 Å². The average molecular weight is 323 g/mol. The molecule has 0 aliphatic carbocycles. The smallest absolute Gasteiger partial charge is 0.0642 e. The minimum Gasteiger partial charge on any atom is -0.366 e. The van der Waals surface area contributed by atoms with Gasteiger partial charge in [0.25, 0.3) is 0 Å². The van der Waals surface area contributed by atoms with Crippen LogP contribution in [0.4, 0.5) is 5.69 Å². The van der Waals surface area contributed by atoms with E-state index in [2.05, 4.69) is 55.4 Å². The third-order valence-corrected chi connectivity index (χ3v) is 5.30. The summed E-state index contributed by atoms with van der Waals surface area (Å²) in [6, 6.07) is 11.0. The van der Waals surface area contributed by atoms with Crippen LogP contribution in [-0.2, 0) is 6.42 Å². The van der Waals surface area contributed by atoms with Gasteiger partial charge in [-0.15, -0.1) is 11.3 Å². The van der Waals surface area contributed by atoms with Gasteiger partial charge < -0.3 is 10.6 Å². The molecule has 2 N–H and O–H groups in total. The summed E-state index contributed by atoms with van der Waals surface area (Å²) in [4.78, 5) is 3.56. The van der Waals surface area contributed by atoms with E-state index in [-0.39, 0.29) is 6.04 Å². The van der Waals surface area contributed by atoms with Crippen molar-refractivity contribution in [3.05, 3.63) is 51.2 Å². The first-order chi connectivity index (χ1) is 10.0. The fraction of sp³-hybridized carbons (Fsp3) is 0.412. The van der Waals surface area contributed by atoms with Gasteiger partial charge in [0, 0.05) is 18.0 Å². The van der Waals surface area contributed by atoms with E-state index < -0.39 is 0 Å². The Kier molecular flexibility index (Phi) is 5.68. The molecule has 0 saturated carbocycles. The summed E-state index contributed by atoms with van der Waals surface area (Å²) in [5.74, 6) is 0. The van der Waals surface area contributed by atoms with Crippen LogP contribution in [0.3, 0.4) is 0 Å². The number of hydrogen-bond donors (Lipinski definition) is 1. The molecule has 0 amide bonds. The van der Waals surface area contributed by atoms with Crippen molar-refractivity contribution in [2.24, 2.45) is 5.73 Å². The molecule has 0 fully saturated rings. The molecule has 2 unspecified atom stereocenters. The summed E-state index contributed by atoms with van der Waals surface area (Å²) in [6.07, 6.45) is 1.86. The third kappa shape index (κ3) is 4.00. The normalized spacial score (nSPS) is 14.0. The molecular weight excluding hydrogens is 300 g/mol. The van der Waals surface area contributed by atoms with Gasteiger partial charge in [-0.3, -0.25) is 0 Å². The molecule has 2 aromatic rings. The lowest BCUT2D eigenvalue weighted by atomic mass is 10.0. The van der Waals surface area contributed by atoms with Crippen LogP contribution >= 0.6 is 22.9 Å². The second-order valence-corrected chi connectivity index (χ2v) is 6.85. The lowest BCUT2D eigenvalue weighted by Gasteiger charge is -2.27. The van der Waals surface area contributed by atoms with E-state index >= 15 is 0 Å². The molecule has 0 spiro atoms. The molecule has 0 aliphatic heterocycles. The molecule has 0 radical (unpaired) electrons. The Morgan fingerprint density at radius 2 is 2.10 bits per heavy atom. The lowest BCUT2D eigenvalue weighted by molar-refractivity contribution is 0.646. The summed E-state index contributed by atoms with van der Waals surface area (Å²) in [7, 11) is 2.09. The molecule has 114 valence electrons. The largest absolute Gasteiger partial charge is 0.366 e. The first kappa shape index (κ1) is 16.3. The molecule has 2 rings (SSSR count). The number of hydrogen-bond acceptors (Lipinski definition) is 3. The van der Waals surface area contributed by atoms with E-state index in [1.807, 2.05) is 6.07 Å². The number of halogens is 1. The van der Waals surface area contributed by atoms with Crippen molar-refractivity contribution in [1.29, 1.82) is 0 Å². The van der Waals surface area contributed by atoms with Crippen LogP contribution in [0.1, 0.15) is 36.8 Å². The van der Waals surface area contributed by atoms with E-state index in [1.165, 1.54) is 10.4 Å². The van der Waals surface area contributed by atoms with Crippen LogP contribution < -0.4 is 10.6 Å². The van der Waals surface area contributed by atoms with Crippen molar-refractivity contribution >= 4 is 28.6 Å². The van der Waals surface area contributed by atoms with Crippen LogP contribution in [0.2, 0.25) is 5.02 Å². The van der Waals surface area contributed by atoms with Crippen LogP contribution in [0, 0.1) is 0 Å². The van der Waals surface area contributed by atoms with Crippen molar-refractivity contribution < 1.29 is 0 Å². The number of nitrogens with two attached hydrogens (primary N) is 1. The van der Waals surface area contributed by atoms with Gasteiger partial charge in [-0.25, -0.2) is 0 Å². The Bertz CT molecular complexity index is 568. The van der Waals surface area contributed by atoms with Gasteiger partial charge in [-0.2, -0.15) is 0 Å². The summed E-state index contributed by atoms with van der Waals surface area (Å²) in [5, 5.41) is 2.90. The molecule has 21 heavy (non-hydrogen) atoms. The zero-order chi connectivity index (χ0) is 15.4. The Balaban J connectivity index is 2.16. The Morgan fingerprint density at radius 1 is 1.33 bits per heavy atom. The molecular formula is C17H23ClN2S. The molecule has 0 saturated heterocycles. The van der Waals surface area contributed by atoms with Gasteiger partial charge in [-0.1, -0.05) is 30.7 Å². The van der Waals surface area contributed by atoms with Crippen LogP contribution in [0.15, 0.2) is 35.7 Å². The van der Waals surface area contributed by atoms with Gasteiger partial charge in [0.1, 0.15) is 0 Å². The topological polar surface area (TPSA) is 29.3 Å². The second-order valence-electron chi connectivity index (χ2n) is 5.46. The van der Waals surface area contributed by atoms with Crippen LogP contribution in [-0.4, -0.2) is 13.1 Å². The fourth-order valence-electron chi connectivity index (χ4n) is 2.34. The molecule has 1 heterocycles. The Morgan fingerprint density at radius 3 is 2.67 bits per heavy atom. The van der Waals surface area contributed by atoms with Gasteiger partial charge in [0.2, 0.25) is 0 Å². The fourth-order valence-corrected chi connectivity index (χ4v) is 3.50. The summed E-state index contributed by atoms with van der Waals surface area (Å²) < 4.78 is 0. The standard InChI is InChI=1S/C17H23ClN2S/c1-4-14(19)10-13-7-8-16(15(18)11-13)20(3)12(2)17-6-5-9-21-17/h5-9,11-12,14H,4,10,19H2,1-3H3. The number of thiophene rings is 1. The molecule has 2 nitrogen and oxygen atoms in total. The molecule has 0 aliphatic rings. The summed E-state index contributed by atoms with van der Waals surface area (Å²) in [5.41, 5.74) is 8.28. The highest BCUT2D eigenvalue weighted by atomic mass is 35.5. The monoisotopic (exact) mass is 322 g/mol. The van der Waals surface area contributed by atoms with E-state index in [4.69, 9.17) is 17.3 Å². The van der Waals surface area contributed by atoms with Crippen molar-refractivity contribution in [3.63, 3.8) is 0 Å². The number of anilines is 1. The van der Waals surface area contributed by atoms with Gasteiger partial charge in [0.15, 0.2) is 0 Å². The highest BCUT2D eigenvalue weighted by Gasteiger charge is 2.16. The first-order valence-corrected chi connectivity index (χ1v) is 8.59. The Labute approximate surface area is 136 Å². The number of benzene rings is 1. The predicted molar refractivity (Wildman–Crippen MR) is 94.6 cm³/mol. The van der Waals surface area contributed by atoms with Crippen molar-refractivity contribution in [2.75, 3.05) is 11.9 Å². The van der Waals surface area contributed by atoms with E-state index in [1.54, 1.807) is 11.3 Å². The van der Waals surface area contributed by atoms with Crippen molar-refractivity contribution in [2.45, 2.75) is 38.8 Å². The maximum atomic E-state index is 6.48. The maximum Gasteiger partial charge on any atom is 0.0642 e. The third-order valence-electron chi connectivity index (χ3n) is 3.95. The SMILES string of the molecule is CCC(N)Cc1ccc(N(C)C(C)c2cccs2)c(Cl)c1. The zero-order valence-electron chi connectivity index (χ0n) is 12.8. The molecule has 2 atom stereocenters. The van der Waals surface area contributed by atoms with E-state index in [0.29, 0.717) is 6.04 Å².